The first-order valence-corrected chi connectivity index (χ1v) is 9.76. The third-order valence-electron chi connectivity index (χ3n) is 4.60. The number of benzene rings is 1. The summed E-state index contributed by atoms with van der Waals surface area (Å²) in [7, 11) is 0. The first-order valence-electron chi connectivity index (χ1n) is 9.76. The Bertz CT molecular complexity index is 663. The van der Waals surface area contributed by atoms with Crippen LogP contribution in [-0.2, 0) is 16.1 Å². The lowest BCUT2D eigenvalue weighted by atomic mass is 10.0. The van der Waals surface area contributed by atoms with E-state index in [-0.39, 0.29) is 36.1 Å². The molecule has 0 aromatic heterocycles. The van der Waals surface area contributed by atoms with Gasteiger partial charge in [-0.15, -0.1) is 24.0 Å². The molecule has 1 fully saturated rings. The van der Waals surface area contributed by atoms with E-state index in [4.69, 9.17) is 15.2 Å². The second kappa shape index (κ2) is 12.9. The maximum atomic E-state index is 10.9. The van der Waals surface area contributed by atoms with E-state index in [0.717, 1.165) is 50.9 Å². The van der Waals surface area contributed by atoms with E-state index in [9.17, 15) is 4.79 Å². The van der Waals surface area contributed by atoms with Crippen molar-refractivity contribution in [1.82, 2.24) is 15.5 Å². The van der Waals surface area contributed by atoms with Crippen LogP contribution in [0, 0.1) is 0 Å². The normalized spacial score (nSPS) is 15.3. The summed E-state index contributed by atoms with van der Waals surface area (Å²) in [6.45, 7) is 11.9. The number of carbonyl (C=O) groups is 1. The third-order valence-corrected chi connectivity index (χ3v) is 4.60. The Morgan fingerprint density at radius 3 is 2.69 bits per heavy atom. The monoisotopic (exact) mass is 519 g/mol. The number of ether oxygens (including phenoxy) is 2. The van der Waals surface area contributed by atoms with E-state index in [1.165, 1.54) is 0 Å². The lowest BCUT2D eigenvalue weighted by Crippen LogP contribution is -2.56. The minimum Gasteiger partial charge on any atom is -0.484 e. The van der Waals surface area contributed by atoms with Gasteiger partial charge in [-0.3, -0.25) is 9.69 Å². The minimum atomic E-state index is -0.495. The van der Waals surface area contributed by atoms with E-state index in [1.807, 2.05) is 25.1 Å². The molecule has 29 heavy (non-hydrogen) atoms. The van der Waals surface area contributed by atoms with Crippen LogP contribution in [0.2, 0.25) is 0 Å². The highest BCUT2D eigenvalue weighted by Gasteiger charge is 2.28. The van der Waals surface area contributed by atoms with Gasteiger partial charge < -0.3 is 25.8 Å². The molecule has 0 atom stereocenters. The Balaban J connectivity index is 0.00000420. The third kappa shape index (κ3) is 9.18. The van der Waals surface area contributed by atoms with Gasteiger partial charge >= 0.3 is 0 Å². The van der Waals surface area contributed by atoms with Crippen molar-refractivity contribution in [2.75, 3.05) is 46.0 Å². The molecule has 2 rings (SSSR count). The van der Waals surface area contributed by atoms with Crippen molar-refractivity contribution in [3.63, 3.8) is 0 Å². The summed E-state index contributed by atoms with van der Waals surface area (Å²) in [5, 5.41) is 6.73. The number of nitrogens with zero attached hydrogens (tertiary/aromatic N) is 2. The Hall–Kier alpha value is -1.59. The van der Waals surface area contributed by atoms with Gasteiger partial charge in [0.15, 0.2) is 12.6 Å². The predicted octanol–water partition coefficient (Wildman–Crippen LogP) is 1.33. The molecule has 0 unspecified atom stereocenters. The maximum absolute atomic E-state index is 10.9. The van der Waals surface area contributed by atoms with Crippen molar-refractivity contribution in [2.45, 2.75) is 32.9 Å². The Morgan fingerprint density at radius 1 is 1.31 bits per heavy atom. The van der Waals surface area contributed by atoms with E-state index >= 15 is 0 Å². The highest BCUT2D eigenvalue weighted by atomic mass is 127. The average molecular weight is 519 g/mol. The number of hydrogen-bond donors (Lipinski definition) is 3. The smallest absolute Gasteiger partial charge is 0.255 e. The SMILES string of the molecule is CCNC(=NCc1cccc(OCC(N)=O)c1)NCC(C)(C)N1CCOCC1.I. The van der Waals surface area contributed by atoms with Crippen LogP contribution in [0.25, 0.3) is 0 Å². The van der Waals surface area contributed by atoms with Crippen molar-refractivity contribution in [2.24, 2.45) is 10.7 Å². The zero-order valence-electron chi connectivity index (χ0n) is 17.6. The number of nitrogens with two attached hydrogens (primary N) is 1. The Morgan fingerprint density at radius 2 is 2.03 bits per heavy atom. The summed E-state index contributed by atoms with van der Waals surface area (Å²) in [6.07, 6.45) is 0. The average Bonchev–Trinajstić information content (AvgIpc) is 2.69. The van der Waals surface area contributed by atoms with Gasteiger partial charge in [-0.25, -0.2) is 4.99 Å². The van der Waals surface area contributed by atoms with Crippen LogP contribution in [0.5, 0.6) is 5.75 Å². The van der Waals surface area contributed by atoms with E-state index < -0.39 is 5.91 Å². The van der Waals surface area contributed by atoms with Gasteiger partial charge in [0.2, 0.25) is 0 Å². The molecule has 1 aromatic rings. The number of nitrogens with one attached hydrogen (secondary N) is 2. The molecular weight excluding hydrogens is 485 g/mol. The summed E-state index contributed by atoms with van der Waals surface area (Å²) in [5.41, 5.74) is 6.11. The molecule has 0 radical (unpaired) electrons. The molecule has 1 aliphatic heterocycles. The maximum Gasteiger partial charge on any atom is 0.255 e. The van der Waals surface area contributed by atoms with Crippen LogP contribution in [0.4, 0.5) is 0 Å². The van der Waals surface area contributed by atoms with Crippen LogP contribution < -0.4 is 21.1 Å². The molecule has 8 nitrogen and oxygen atoms in total. The van der Waals surface area contributed by atoms with Crippen LogP contribution >= 0.6 is 24.0 Å². The largest absolute Gasteiger partial charge is 0.484 e. The standard InChI is InChI=1S/C20H33N5O3.HI/c1-4-22-19(24-15-20(2,3)25-8-10-27-11-9-25)23-13-16-6-5-7-17(12-16)28-14-18(21)26;/h5-7,12H,4,8-11,13-15H2,1-3H3,(H2,21,26)(H2,22,23,24);1H. The predicted molar refractivity (Wildman–Crippen MR) is 126 cm³/mol. The van der Waals surface area contributed by atoms with E-state index in [0.29, 0.717) is 12.3 Å². The van der Waals surface area contributed by atoms with Crippen LogP contribution in [0.3, 0.4) is 0 Å². The number of carbonyl (C=O) groups excluding carboxylic acids is 1. The zero-order chi connectivity index (χ0) is 20.4. The van der Waals surface area contributed by atoms with Gasteiger partial charge in [0, 0.05) is 31.7 Å². The van der Waals surface area contributed by atoms with Crippen LogP contribution in [0.15, 0.2) is 29.3 Å². The molecule has 1 heterocycles. The van der Waals surface area contributed by atoms with Gasteiger partial charge in [-0.05, 0) is 38.5 Å². The number of morpholine rings is 1. The summed E-state index contributed by atoms with van der Waals surface area (Å²) in [6, 6.07) is 7.52. The molecular formula is C20H34IN5O3. The Kier molecular flexibility index (Phi) is 11.3. The second-order valence-electron chi connectivity index (χ2n) is 7.36. The first kappa shape index (κ1) is 25.4. The van der Waals surface area contributed by atoms with Gasteiger partial charge in [0.05, 0.1) is 19.8 Å². The number of hydrogen-bond acceptors (Lipinski definition) is 5. The molecule has 4 N–H and O–H groups in total. The topological polar surface area (TPSA) is 101 Å². The van der Waals surface area contributed by atoms with Crippen molar-refractivity contribution in [3.8, 4) is 5.75 Å². The summed E-state index contributed by atoms with van der Waals surface area (Å²) >= 11 is 0. The van der Waals surface area contributed by atoms with E-state index in [2.05, 4.69) is 34.4 Å². The summed E-state index contributed by atoms with van der Waals surface area (Å²) < 4.78 is 10.8. The van der Waals surface area contributed by atoms with Crippen molar-refractivity contribution in [1.29, 1.82) is 0 Å². The fourth-order valence-corrected chi connectivity index (χ4v) is 2.98. The number of rotatable bonds is 9. The fraction of sp³-hybridized carbons (Fsp3) is 0.600. The van der Waals surface area contributed by atoms with Gasteiger partial charge in [-0.1, -0.05) is 12.1 Å². The zero-order valence-corrected chi connectivity index (χ0v) is 19.9. The molecule has 0 aliphatic carbocycles. The number of aliphatic imine (C=N–C) groups is 1. The first-order chi connectivity index (χ1) is 13.4. The highest BCUT2D eigenvalue weighted by molar-refractivity contribution is 14.0. The number of amides is 1. The number of halogens is 1. The fourth-order valence-electron chi connectivity index (χ4n) is 2.98. The number of primary amides is 1. The van der Waals surface area contributed by atoms with E-state index in [1.54, 1.807) is 6.07 Å². The molecule has 0 bridgehead atoms. The minimum absolute atomic E-state index is 0. The van der Waals surface area contributed by atoms with Crippen LogP contribution in [0.1, 0.15) is 26.3 Å². The molecule has 9 heteroatoms. The molecule has 1 aromatic carbocycles. The Labute approximate surface area is 190 Å². The van der Waals surface area contributed by atoms with Gasteiger partial charge in [0.25, 0.3) is 5.91 Å². The second-order valence-corrected chi connectivity index (χ2v) is 7.36. The van der Waals surface area contributed by atoms with Gasteiger partial charge in [0.1, 0.15) is 5.75 Å². The number of guanidine groups is 1. The van der Waals surface area contributed by atoms with Crippen molar-refractivity contribution in [3.05, 3.63) is 29.8 Å². The lowest BCUT2D eigenvalue weighted by molar-refractivity contribution is -0.119. The summed E-state index contributed by atoms with van der Waals surface area (Å²) in [4.78, 5) is 18.0. The molecule has 1 aliphatic rings. The van der Waals surface area contributed by atoms with Gasteiger partial charge in [-0.2, -0.15) is 0 Å². The molecule has 1 saturated heterocycles. The molecule has 1 amide bonds. The van der Waals surface area contributed by atoms with Crippen LogP contribution in [-0.4, -0.2) is 68.3 Å². The quantitative estimate of drug-likeness (QED) is 0.259. The molecule has 0 saturated carbocycles. The molecule has 164 valence electrons. The lowest BCUT2D eigenvalue weighted by Gasteiger charge is -2.41. The van der Waals surface area contributed by atoms with Crippen molar-refractivity contribution >= 4 is 35.8 Å². The summed E-state index contributed by atoms with van der Waals surface area (Å²) in [5.74, 6) is 0.884. The highest BCUT2D eigenvalue weighted by Crippen LogP contribution is 2.16. The van der Waals surface area contributed by atoms with Crippen molar-refractivity contribution < 1.29 is 14.3 Å². The molecule has 0 spiro atoms.